The van der Waals surface area contributed by atoms with Crippen LogP contribution in [0.25, 0.3) is 22.5 Å². The summed E-state index contributed by atoms with van der Waals surface area (Å²) in [7, 11) is 0. The van der Waals surface area contributed by atoms with E-state index in [4.69, 9.17) is 16.0 Å². The summed E-state index contributed by atoms with van der Waals surface area (Å²) in [6.07, 6.45) is 0. The van der Waals surface area contributed by atoms with Crippen molar-refractivity contribution in [1.82, 2.24) is 0 Å². The van der Waals surface area contributed by atoms with Crippen molar-refractivity contribution in [2.24, 2.45) is 0 Å². The Hall–Kier alpha value is -2.66. The third-order valence-corrected chi connectivity index (χ3v) is 3.96. The summed E-state index contributed by atoms with van der Waals surface area (Å²) in [6.45, 7) is 1.60. The van der Waals surface area contributed by atoms with Crippen LogP contribution in [0.5, 0.6) is 5.75 Å². The van der Waals surface area contributed by atoms with Gasteiger partial charge in [0.25, 0.3) is 0 Å². The maximum Gasteiger partial charge on any atom is 0.348 e. The van der Waals surface area contributed by atoms with Gasteiger partial charge < -0.3 is 9.52 Å². The van der Waals surface area contributed by atoms with Gasteiger partial charge in [0.05, 0.1) is 0 Å². The molecule has 0 amide bonds. The third kappa shape index (κ3) is 2.78. The molecule has 3 aromatic rings. The van der Waals surface area contributed by atoms with E-state index >= 15 is 0 Å². The summed E-state index contributed by atoms with van der Waals surface area (Å²) in [5.74, 6) is -1.46. The Kier molecular flexibility index (Phi) is 4.11. The Morgan fingerprint density at radius 1 is 1.04 bits per heavy atom. The predicted molar refractivity (Wildman–Crippen MR) is 87.2 cm³/mol. The van der Waals surface area contributed by atoms with Gasteiger partial charge in [-0.15, -0.1) is 0 Å². The lowest BCUT2D eigenvalue weighted by Gasteiger charge is -2.11. The molecule has 0 saturated heterocycles. The first-order chi connectivity index (χ1) is 11.4. The molecule has 1 N–H and O–H groups in total. The van der Waals surface area contributed by atoms with Crippen LogP contribution in [-0.2, 0) is 0 Å². The van der Waals surface area contributed by atoms with Crippen molar-refractivity contribution in [2.75, 3.05) is 0 Å². The van der Waals surface area contributed by atoms with E-state index in [2.05, 4.69) is 0 Å². The first kappa shape index (κ1) is 16.2. The maximum absolute atomic E-state index is 13.2. The van der Waals surface area contributed by atoms with Gasteiger partial charge in [-0.2, -0.15) is 0 Å². The monoisotopic (exact) mass is 348 g/mol. The van der Waals surface area contributed by atoms with Crippen LogP contribution < -0.4 is 5.63 Å². The molecular weight excluding hydrogens is 338 g/mol. The van der Waals surface area contributed by atoms with Crippen LogP contribution in [0, 0.1) is 18.6 Å². The van der Waals surface area contributed by atoms with E-state index in [9.17, 15) is 18.7 Å². The molecule has 24 heavy (non-hydrogen) atoms. The van der Waals surface area contributed by atoms with Gasteiger partial charge >= 0.3 is 5.63 Å². The fourth-order valence-electron chi connectivity index (χ4n) is 2.43. The minimum Gasteiger partial charge on any atom is -0.505 e. The molecule has 0 aliphatic carbocycles. The summed E-state index contributed by atoms with van der Waals surface area (Å²) < 4.78 is 31.5. The predicted octanol–water partition coefficient (Wildman–Crippen LogP) is 4.92. The molecule has 0 aliphatic rings. The van der Waals surface area contributed by atoms with Crippen molar-refractivity contribution < 1.29 is 18.3 Å². The van der Waals surface area contributed by atoms with Crippen LogP contribution >= 0.6 is 11.6 Å². The highest BCUT2D eigenvalue weighted by Crippen LogP contribution is 2.40. The molecule has 122 valence electrons. The van der Waals surface area contributed by atoms with E-state index in [1.54, 1.807) is 6.92 Å². The van der Waals surface area contributed by atoms with Gasteiger partial charge in [-0.1, -0.05) is 17.7 Å². The molecule has 1 aromatic heterocycles. The molecule has 0 spiro atoms. The zero-order valence-corrected chi connectivity index (χ0v) is 13.2. The van der Waals surface area contributed by atoms with Crippen molar-refractivity contribution in [3.05, 3.63) is 75.1 Å². The van der Waals surface area contributed by atoms with Crippen molar-refractivity contribution in [3.63, 3.8) is 0 Å². The van der Waals surface area contributed by atoms with Crippen LogP contribution in [0.4, 0.5) is 8.78 Å². The minimum atomic E-state index is -0.828. The number of aryl methyl sites for hydroxylation is 1. The topological polar surface area (TPSA) is 50.4 Å². The summed E-state index contributed by atoms with van der Waals surface area (Å²) in [5.41, 5.74) is 0.129. The van der Waals surface area contributed by atoms with Crippen molar-refractivity contribution >= 4 is 11.6 Å². The van der Waals surface area contributed by atoms with Gasteiger partial charge in [0, 0.05) is 5.56 Å². The van der Waals surface area contributed by atoms with Crippen molar-refractivity contribution in [3.8, 4) is 28.2 Å². The van der Waals surface area contributed by atoms with Crippen LogP contribution in [0.2, 0.25) is 5.02 Å². The Labute approximate surface area is 140 Å². The molecule has 0 bridgehead atoms. The van der Waals surface area contributed by atoms with Gasteiger partial charge in [0.15, 0.2) is 11.5 Å². The molecule has 2 aromatic carbocycles. The zero-order valence-electron chi connectivity index (χ0n) is 12.4. The molecule has 0 unspecified atom stereocenters. The van der Waals surface area contributed by atoms with E-state index in [0.29, 0.717) is 16.7 Å². The number of halogens is 3. The van der Waals surface area contributed by atoms with E-state index in [0.717, 1.165) is 0 Å². The molecule has 0 saturated carbocycles. The van der Waals surface area contributed by atoms with Crippen molar-refractivity contribution in [2.45, 2.75) is 6.92 Å². The fraction of sp³-hybridized carbons (Fsp3) is 0.0556. The number of hydrogen-bond acceptors (Lipinski definition) is 3. The number of benzene rings is 2. The largest absolute Gasteiger partial charge is 0.505 e. The van der Waals surface area contributed by atoms with Crippen LogP contribution in [0.1, 0.15) is 5.56 Å². The number of aromatic hydroxyl groups is 1. The zero-order chi connectivity index (χ0) is 17.4. The highest BCUT2D eigenvalue weighted by Gasteiger charge is 2.21. The smallest absolute Gasteiger partial charge is 0.348 e. The molecule has 0 fully saturated rings. The second kappa shape index (κ2) is 6.09. The molecule has 0 aliphatic heterocycles. The van der Waals surface area contributed by atoms with Gasteiger partial charge in [-0.05, 0) is 54.4 Å². The minimum absolute atomic E-state index is 0.0670. The Balaban J connectivity index is 2.23. The average Bonchev–Trinajstić information content (AvgIpc) is 2.54. The van der Waals surface area contributed by atoms with Gasteiger partial charge in [-0.25, -0.2) is 13.6 Å². The highest BCUT2D eigenvalue weighted by atomic mass is 35.5. The summed E-state index contributed by atoms with van der Waals surface area (Å²) in [6, 6.07) is 8.88. The van der Waals surface area contributed by atoms with Crippen LogP contribution in [0.15, 0.2) is 51.7 Å². The van der Waals surface area contributed by atoms with Gasteiger partial charge in [0.2, 0.25) is 0 Å². The normalized spacial score (nSPS) is 10.8. The van der Waals surface area contributed by atoms with Crippen LogP contribution in [0.3, 0.4) is 0 Å². The van der Waals surface area contributed by atoms with Gasteiger partial charge in [-0.3, -0.25) is 0 Å². The van der Waals surface area contributed by atoms with E-state index in [1.165, 1.54) is 42.5 Å². The first-order valence-electron chi connectivity index (χ1n) is 6.96. The molecule has 6 heteroatoms. The van der Waals surface area contributed by atoms with E-state index in [-0.39, 0.29) is 16.3 Å². The lowest BCUT2D eigenvalue weighted by atomic mass is 10.0. The van der Waals surface area contributed by atoms with E-state index in [1.807, 2.05) is 0 Å². The second-order valence-electron chi connectivity index (χ2n) is 5.22. The molecule has 0 radical (unpaired) electrons. The lowest BCUT2D eigenvalue weighted by molar-refractivity contribution is 0.456. The van der Waals surface area contributed by atoms with Gasteiger partial charge in [0.1, 0.15) is 22.2 Å². The Bertz CT molecular complexity index is 979. The number of rotatable bonds is 2. The SMILES string of the molecule is Cc1cc(F)ccc1-c1c(O)c(Cl)c(-c2ccc(F)cc2)oc1=O. The quantitative estimate of drug-likeness (QED) is 0.715. The van der Waals surface area contributed by atoms with Crippen LogP contribution in [-0.4, -0.2) is 5.11 Å². The summed E-state index contributed by atoms with van der Waals surface area (Å²) in [4.78, 5) is 12.3. The molecule has 0 atom stereocenters. The summed E-state index contributed by atoms with van der Waals surface area (Å²) >= 11 is 6.13. The average molecular weight is 349 g/mol. The molecule has 1 heterocycles. The van der Waals surface area contributed by atoms with Crippen molar-refractivity contribution in [1.29, 1.82) is 0 Å². The Morgan fingerprint density at radius 2 is 1.67 bits per heavy atom. The Morgan fingerprint density at radius 3 is 2.29 bits per heavy atom. The number of hydrogen-bond donors (Lipinski definition) is 1. The second-order valence-corrected chi connectivity index (χ2v) is 5.60. The highest BCUT2D eigenvalue weighted by molar-refractivity contribution is 6.34. The molecule has 3 nitrogen and oxygen atoms in total. The standard InChI is InChI=1S/C18H11ClF2O3/c1-9-8-12(21)6-7-13(9)14-16(22)15(19)17(24-18(14)23)10-2-4-11(20)5-3-10/h2-8,22H,1H3. The third-order valence-electron chi connectivity index (χ3n) is 3.61. The first-order valence-corrected chi connectivity index (χ1v) is 7.34. The lowest BCUT2D eigenvalue weighted by Crippen LogP contribution is -2.06. The maximum atomic E-state index is 13.2. The summed E-state index contributed by atoms with van der Waals surface area (Å²) in [5, 5.41) is 10.2. The fourth-order valence-corrected chi connectivity index (χ4v) is 2.68. The van der Waals surface area contributed by atoms with E-state index < -0.39 is 23.0 Å². The molecule has 3 rings (SSSR count). The molecular formula is C18H11ClF2O3.